The van der Waals surface area contributed by atoms with Crippen LogP contribution in [0, 0.1) is 11.3 Å². The van der Waals surface area contributed by atoms with Gasteiger partial charge in [0, 0.05) is 15.7 Å². The summed E-state index contributed by atoms with van der Waals surface area (Å²) in [6.45, 7) is 0. The van der Waals surface area contributed by atoms with Gasteiger partial charge in [0.1, 0.15) is 11.6 Å². The zero-order valence-electron chi connectivity index (χ0n) is 11.5. The van der Waals surface area contributed by atoms with Crippen LogP contribution >= 0.6 is 15.9 Å². The molecule has 3 rings (SSSR count). The van der Waals surface area contributed by atoms with Gasteiger partial charge in [0.2, 0.25) is 0 Å². The molecule has 0 saturated carbocycles. The standard InChI is InChI=1S/C18H11BrN2O/c19-14-8-6-13(7-9-14)17-10-15(12-4-2-1-3-5-12)16(11-20)18(22)21-17/h1-10H,(H,21,22). The van der Waals surface area contributed by atoms with Crippen LogP contribution in [0.5, 0.6) is 0 Å². The number of aromatic amines is 1. The number of rotatable bonds is 2. The summed E-state index contributed by atoms with van der Waals surface area (Å²) in [6.07, 6.45) is 0. The molecule has 1 heterocycles. The van der Waals surface area contributed by atoms with Gasteiger partial charge in [0.15, 0.2) is 0 Å². The van der Waals surface area contributed by atoms with E-state index in [1.807, 2.05) is 66.7 Å². The van der Waals surface area contributed by atoms with E-state index in [0.29, 0.717) is 11.3 Å². The highest BCUT2D eigenvalue weighted by Gasteiger charge is 2.12. The van der Waals surface area contributed by atoms with E-state index in [2.05, 4.69) is 20.9 Å². The predicted molar refractivity (Wildman–Crippen MR) is 90.3 cm³/mol. The minimum absolute atomic E-state index is 0.132. The molecule has 2 aromatic carbocycles. The van der Waals surface area contributed by atoms with Crippen LogP contribution in [0.4, 0.5) is 0 Å². The second-order valence-electron chi connectivity index (χ2n) is 4.79. The van der Waals surface area contributed by atoms with Crippen molar-refractivity contribution < 1.29 is 0 Å². The molecule has 0 aliphatic carbocycles. The van der Waals surface area contributed by atoms with Gasteiger partial charge in [0.05, 0.1) is 0 Å². The Kier molecular flexibility index (Phi) is 3.90. The molecule has 0 atom stereocenters. The third-order valence-electron chi connectivity index (χ3n) is 3.39. The first-order chi connectivity index (χ1) is 10.7. The SMILES string of the molecule is N#Cc1c(-c2ccccc2)cc(-c2ccc(Br)cc2)[nH]c1=O. The highest BCUT2D eigenvalue weighted by molar-refractivity contribution is 9.10. The lowest BCUT2D eigenvalue weighted by Gasteiger charge is -2.08. The Labute approximate surface area is 136 Å². The first-order valence-corrected chi connectivity index (χ1v) is 7.47. The van der Waals surface area contributed by atoms with Crippen molar-refractivity contribution in [1.29, 1.82) is 5.26 Å². The number of nitriles is 1. The van der Waals surface area contributed by atoms with E-state index >= 15 is 0 Å². The molecular formula is C18H11BrN2O. The molecule has 22 heavy (non-hydrogen) atoms. The number of pyridine rings is 1. The second kappa shape index (κ2) is 6.00. The van der Waals surface area contributed by atoms with Crippen LogP contribution < -0.4 is 5.56 Å². The molecule has 0 fully saturated rings. The van der Waals surface area contributed by atoms with Crippen molar-refractivity contribution >= 4 is 15.9 Å². The molecule has 0 spiro atoms. The molecule has 3 aromatic rings. The maximum absolute atomic E-state index is 12.2. The first kappa shape index (κ1) is 14.3. The van der Waals surface area contributed by atoms with E-state index in [-0.39, 0.29) is 11.1 Å². The Hall–Kier alpha value is -2.64. The zero-order chi connectivity index (χ0) is 15.5. The fourth-order valence-corrected chi connectivity index (χ4v) is 2.57. The Morgan fingerprint density at radius 3 is 2.27 bits per heavy atom. The third kappa shape index (κ3) is 2.72. The molecule has 1 N–H and O–H groups in total. The molecule has 0 saturated heterocycles. The highest BCUT2D eigenvalue weighted by atomic mass is 79.9. The number of hydrogen-bond donors (Lipinski definition) is 1. The Bertz CT molecular complexity index is 907. The van der Waals surface area contributed by atoms with Crippen molar-refractivity contribution in [3.8, 4) is 28.5 Å². The van der Waals surface area contributed by atoms with Crippen molar-refractivity contribution in [2.75, 3.05) is 0 Å². The molecule has 4 heteroatoms. The van der Waals surface area contributed by atoms with Crippen molar-refractivity contribution in [2.45, 2.75) is 0 Å². The lowest BCUT2D eigenvalue weighted by molar-refractivity contribution is 1.22. The van der Waals surface area contributed by atoms with Crippen molar-refractivity contribution in [1.82, 2.24) is 4.98 Å². The van der Waals surface area contributed by atoms with Crippen LogP contribution in [0.3, 0.4) is 0 Å². The summed E-state index contributed by atoms with van der Waals surface area (Å²) in [6, 6.07) is 20.9. The Morgan fingerprint density at radius 2 is 1.64 bits per heavy atom. The smallest absolute Gasteiger partial charge is 0.266 e. The van der Waals surface area contributed by atoms with E-state index in [1.165, 1.54) is 0 Å². The summed E-state index contributed by atoms with van der Waals surface area (Å²) in [4.78, 5) is 15.0. The largest absolute Gasteiger partial charge is 0.321 e. The van der Waals surface area contributed by atoms with Crippen molar-refractivity contribution in [2.24, 2.45) is 0 Å². The lowest BCUT2D eigenvalue weighted by atomic mass is 9.99. The zero-order valence-corrected chi connectivity index (χ0v) is 13.1. The summed E-state index contributed by atoms with van der Waals surface area (Å²) in [7, 11) is 0. The summed E-state index contributed by atoms with van der Waals surface area (Å²) in [5.41, 5.74) is 2.83. The van der Waals surface area contributed by atoms with Crippen LogP contribution in [0.1, 0.15) is 5.56 Å². The van der Waals surface area contributed by atoms with Gasteiger partial charge in [0.25, 0.3) is 5.56 Å². The molecule has 0 aliphatic heterocycles. The summed E-state index contributed by atoms with van der Waals surface area (Å²) in [5.74, 6) is 0. The second-order valence-corrected chi connectivity index (χ2v) is 5.70. The Balaban J connectivity index is 2.24. The normalized spacial score (nSPS) is 10.2. The maximum Gasteiger partial charge on any atom is 0.266 e. The topological polar surface area (TPSA) is 56.6 Å². The molecule has 1 aromatic heterocycles. The van der Waals surface area contributed by atoms with Crippen LogP contribution in [-0.4, -0.2) is 4.98 Å². The van der Waals surface area contributed by atoms with Crippen molar-refractivity contribution in [3.05, 3.63) is 81.1 Å². The van der Waals surface area contributed by atoms with Gasteiger partial charge in [-0.05, 0) is 29.3 Å². The number of halogens is 1. The summed E-state index contributed by atoms with van der Waals surface area (Å²) in [5, 5.41) is 9.28. The lowest BCUT2D eigenvalue weighted by Crippen LogP contribution is -2.12. The van der Waals surface area contributed by atoms with E-state index in [0.717, 1.165) is 15.6 Å². The van der Waals surface area contributed by atoms with Crippen LogP contribution in [0.15, 0.2) is 69.9 Å². The molecular weight excluding hydrogens is 340 g/mol. The van der Waals surface area contributed by atoms with Gasteiger partial charge in [-0.2, -0.15) is 5.26 Å². The minimum atomic E-state index is -0.373. The van der Waals surface area contributed by atoms with Gasteiger partial charge >= 0.3 is 0 Å². The van der Waals surface area contributed by atoms with Gasteiger partial charge in [-0.15, -0.1) is 0 Å². The molecule has 0 radical (unpaired) electrons. The molecule has 0 bridgehead atoms. The van der Waals surface area contributed by atoms with E-state index in [1.54, 1.807) is 0 Å². The number of H-pyrrole nitrogens is 1. The van der Waals surface area contributed by atoms with Crippen molar-refractivity contribution in [3.63, 3.8) is 0 Å². The maximum atomic E-state index is 12.2. The summed E-state index contributed by atoms with van der Waals surface area (Å²) >= 11 is 3.39. The fraction of sp³-hybridized carbons (Fsp3) is 0. The summed E-state index contributed by atoms with van der Waals surface area (Å²) < 4.78 is 0.968. The average molecular weight is 351 g/mol. The molecule has 0 unspecified atom stereocenters. The number of nitrogens with zero attached hydrogens (tertiary/aromatic N) is 1. The van der Waals surface area contributed by atoms with Gasteiger partial charge in [-0.25, -0.2) is 0 Å². The molecule has 0 amide bonds. The number of hydrogen-bond acceptors (Lipinski definition) is 2. The molecule has 106 valence electrons. The number of aromatic nitrogens is 1. The van der Waals surface area contributed by atoms with Crippen LogP contribution in [-0.2, 0) is 0 Å². The quantitative estimate of drug-likeness (QED) is 0.747. The van der Waals surface area contributed by atoms with Gasteiger partial charge in [-0.3, -0.25) is 4.79 Å². The van der Waals surface area contributed by atoms with E-state index in [4.69, 9.17) is 0 Å². The average Bonchev–Trinajstić information content (AvgIpc) is 2.55. The fourth-order valence-electron chi connectivity index (χ4n) is 2.30. The molecule has 3 nitrogen and oxygen atoms in total. The van der Waals surface area contributed by atoms with Gasteiger partial charge in [-0.1, -0.05) is 58.4 Å². The minimum Gasteiger partial charge on any atom is -0.321 e. The number of nitrogens with one attached hydrogen (secondary N) is 1. The predicted octanol–water partition coefficient (Wildman–Crippen LogP) is 4.34. The third-order valence-corrected chi connectivity index (χ3v) is 3.91. The number of benzene rings is 2. The molecule has 0 aliphatic rings. The Morgan fingerprint density at radius 1 is 0.955 bits per heavy atom. The monoisotopic (exact) mass is 350 g/mol. The first-order valence-electron chi connectivity index (χ1n) is 6.68. The van der Waals surface area contributed by atoms with E-state index in [9.17, 15) is 10.1 Å². The van der Waals surface area contributed by atoms with Crippen LogP contribution in [0.2, 0.25) is 0 Å². The van der Waals surface area contributed by atoms with Gasteiger partial charge < -0.3 is 4.98 Å². The van der Waals surface area contributed by atoms with E-state index < -0.39 is 0 Å². The van der Waals surface area contributed by atoms with Crippen LogP contribution in [0.25, 0.3) is 22.4 Å². The highest BCUT2D eigenvalue weighted by Crippen LogP contribution is 2.26.